The number of nitrogens with zero attached hydrogens (tertiary/aromatic N) is 1. The lowest BCUT2D eigenvalue weighted by Gasteiger charge is -2.46. The summed E-state index contributed by atoms with van der Waals surface area (Å²) in [5, 5.41) is 0. The van der Waals surface area contributed by atoms with Gasteiger partial charge in [0.25, 0.3) is 0 Å². The SMILES string of the molecule is CC(=O)c1cc[n+](Cc2ccccc2)cc1.FC(F)(F)c1cc([B-](c2cc(C(F)(F)F)cc(C(F)(F)F)c2)(c2cc(C(F)(F)F)cc(C(F)(F)F)c2)c2cc(C(F)(F)F)cc(C(F)(F)F)c2)cc(C(F)(F)F)c1. The maximum atomic E-state index is 14.2. The molecule has 6 rings (SSSR count). The van der Waals surface area contributed by atoms with Gasteiger partial charge in [-0.2, -0.15) is 127 Å². The molecule has 1 heterocycles. The van der Waals surface area contributed by atoms with Crippen LogP contribution in [0.5, 0.6) is 0 Å². The topological polar surface area (TPSA) is 20.9 Å². The largest absolute Gasteiger partial charge is 0.416 e. The number of Topliss-reactive ketones (excluding diaryl/α,β-unsaturated/α-hetero) is 1. The Bertz CT molecular complexity index is 2500. The summed E-state index contributed by atoms with van der Waals surface area (Å²) in [4.78, 5) is 11.1. The highest BCUT2D eigenvalue weighted by Crippen LogP contribution is 2.41. The first kappa shape index (κ1) is 57.2. The molecule has 0 saturated carbocycles. The van der Waals surface area contributed by atoms with Crippen molar-refractivity contribution in [2.75, 3.05) is 0 Å². The number of hydrogen-bond donors (Lipinski definition) is 0. The van der Waals surface area contributed by atoms with E-state index in [0.29, 0.717) is 0 Å². The maximum Gasteiger partial charge on any atom is 0.416 e. The Kier molecular flexibility index (Phi) is 15.4. The molecule has 0 saturated heterocycles. The molecule has 0 radical (unpaired) electrons. The zero-order valence-electron chi connectivity index (χ0n) is 35.8. The zero-order valence-corrected chi connectivity index (χ0v) is 35.8. The third kappa shape index (κ3) is 13.5. The van der Waals surface area contributed by atoms with Crippen LogP contribution in [0.15, 0.2) is 128 Å². The van der Waals surface area contributed by atoms with Crippen LogP contribution in [0.25, 0.3) is 0 Å². The number of carbonyl (C=O) groups excluding carboxylic acids is 1. The maximum absolute atomic E-state index is 14.2. The molecule has 1 aromatic heterocycles. The van der Waals surface area contributed by atoms with E-state index in [1.165, 1.54) is 5.56 Å². The number of carbonyl (C=O) groups is 1. The Hall–Kier alpha value is -6.70. The van der Waals surface area contributed by atoms with Crippen LogP contribution in [-0.2, 0) is 56.0 Å². The van der Waals surface area contributed by atoms with Gasteiger partial charge in [-0.1, -0.05) is 78.9 Å². The fraction of sp³-hybridized carbons (Fsp3) is 0.217. The summed E-state index contributed by atoms with van der Waals surface area (Å²) in [6, 6.07) is 5.14. The molecule has 0 aliphatic heterocycles. The Morgan fingerprint density at radius 2 is 0.575 bits per heavy atom. The third-order valence-electron chi connectivity index (χ3n) is 10.9. The van der Waals surface area contributed by atoms with Gasteiger partial charge in [-0.15, -0.1) is 0 Å². The zero-order chi connectivity index (χ0) is 55.3. The van der Waals surface area contributed by atoms with Crippen molar-refractivity contribution in [1.82, 2.24) is 0 Å². The summed E-state index contributed by atoms with van der Waals surface area (Å²) in [6.45, 7) is 2.41. The Morgan fingerprint density at radius 3 is 0.767 bits per heavy atom. The number of aromatic nitrogens is 1. The molecule has 73 heavy (non-hydrogen) atoms. The second kappa shape index (κ2) is 19.6. The van der Waals surface area contributed by atoms with Crippen molar-refractivity contribution >= 4 is 33.8 Å². The quantitative estimate of drug-likeness (QED) is 0.0675. The molecule has 2 nitrogen and oxygen atoms in total. The van der Waals surface area contributed by atoms with E-state index in [1.807, 2.05) is 42.7 Å². The molecule has 0 bridgehead atoms. The van der Waals surface area contributed by atoms with Crippen LogP contribution in [0.2, 0.25) is 0 Å². The van der Waals surface area contributed by atoms with E-state index in [2.05, 4.69) is 16.7 Å². The van der Waals surface area contributed by atoms with E-state index in [4.69, 9.17) is 0 Å². The number of hydrogen-bond acceptors (Lipinski definition) is 1. The molecule has 6 aromatic rings. The van der Waals surface area contributed by atoms with Crippen LogP contribution in [0.4, 0.5) is 105 Å². The fourth-order valence-electron chi connectivity index (χ4n) is 7.66. The van der Waals surface area contributed by atoms with Crippen molar-refractivity contribution in [3.63, 3.8) is 0 Å². The first-order valence-electron chi connectivity index (χ1n) is 19.9. The highest BCUT2D eigenvalue weighted by atomic mass is 19.4. The normalized spacial score (nSPS) is 13.4. The summed E-state index contributed by atoms with van der Waals surface area (Å²) in [5.41, 5.74) is -28.2. The molecule has 392 valence electrons. The van der Waals surface area contributed by atoms with E-state index < -0.39 is 195 Å². The van der Waals surface area contributed by atoms with Crippen molar-refractivity contribution in [3.8, 4) is 0 Å². The van der Waals surface area contributed by atoms with Crippen molar-refractivity contribution in [3.05, 3.63) is 183 Å². The monoisotopic (exact) mass is 1080 g/mol. The molecule has 0 aliphatic carbocycles. The molecule has 0 unspecified atom stereocenters. The van der Waals surface area contributed by atoms with E-state index >= 15 is 0 Å². The highest BCUT2D eigenvalue weighted by molar-refractivity contribution is 7.20. The minimum Gasteiger partial charge on any atom is -0.295 e. The number of halogens is 24. The molecule has 27 heteroatoms. The number of rotatable bonds is 7. The summed E-state index contributed by atoms with van der Waals surface area (Å²) in [5.74, 6) is 0.104. The molecule has 0 atom stereocenters. The minimum absolute atomic E-state index is 0.104. The molecule has 0 aliphatic rings. The standard InChI is InChI=1S/C32H12BF24.C14H14NO/c34-25(35,36)13-1-14(26(37,38)39)6-21(5-13)33(22-7-15(27(40,41)42)2-16(8-22)28(43,44)45,23-9-17(29(46,47)48)3-18(10-23)30(49,50)51)24-11-19(31(52,53)54)4-20(12-24)32(55,56)57;1-12(16)14-7-9-15(10-8-14)11-13-5-3-2-4-6-13/h1-12H;2-10H,11H2,1H3/q-1;+1. The molecule has 0 spiro atoms. The Labute approximate surface area is 394 Å². The van der Waals surface area contributed by atoms with Crippen LogP contribution in [0.3, 0.4) is 0 Å². The van der Waals surface area contributed by atoms with Crippen LogP contribution < -0.4 is 26.4 Å². The summed E-state index contributed by atoms with van der Waals surface area (Å²) in [6.07, 6.45) is -50.9. The number of alkyl halides is 24. The van der Waals surface area contributed by atoms with E-state index in [9.17, 15) is 110 Å². The second-order valence-electron chi connectivity index (χ2n) is 16.0. The molecule has 0 amide bonds. The van der Waals surface area contributed by atoms with Crippen molar-refractivity contribution < 1.29 is 115 Å². The Balaban J connectivity index is 0.000000520. The molecule has 0 fully saturated rings. The van der Waals surface area contributed by atoms with Gasteiger partial charge in [0, 0.05) is 23.3 Å². The van der Waals surface area contributed by atoms with Gasteiger partial charge in [-0.25, -0.2) is 4.57 Å². The van der Waals surface area contributed by atoms with Gasteiger partial charge in [0.1, 0.15) is 6.15 Å². The predicted octanol–water partition coefficient (Wildman–Crippen LogP) is 13.4. The minimum atomic E-state index is -6.13. The number of benzene rings is 5. The van der Waals surface area contributed by atoms with E-state index in [0.717, 1.165) is 12.1 Å². The second-order valence-corrected chi connectivity index (χ2v) is 16.0. The number of ketones is 1. The van der Waals surface area contributed by atoms with Gasteiger partial charge in [0.15, 0.2) is 24.7 Å². The molecule has 5 aromatic carbocycles. The van der Waals surface area contributed by atoms with Gasteiger partial charge in [0.05, 0.1) is 44.5 Å². The first-order chi connectivity index (χ1) is 33.0. The van der Waals surface area contributed by atoms with Gasteiger partial charge >= 0.3 is 49.4 Å². The fourth-order valence-corrected chi connectivity index (χ4v) is 7.66. The van der Waals surface area contributed by atoms with Crippen LogP contribution >= 0.6 is 0 Å². The lowest BCUT2D eigenvalue weighted by Crippen LogP contribution is -2.75. The molecule has 0 N–H and O–H groups in total. The van der Waals surface area contributed by atoms with Gasteiger partial charge in [0.2, 0.25) is 0 Å². The predicted molar refractivity (Wildman–Crippen MR) is 212 cm³/mol. The summed E-state index contributed by atoms with van der Waals surface area (Å²) >= 11 is 0. The van der Waals surface area contributed by atoms with Crippen LogP contribution in [0, 0.1) is 0 Å². The van der Waals surface area contributed by atoms with Crippen LogP contribution in [0.1, 0.15) is 67.4 Å². The van der Waals surface area contributed by atoms with E-state index in [-0.39, 0.29) is 5.78 Å². The lowest BCUT2D eigenvalue weighted by molar-refractivity contribution is -0.688. The summed E-state index contributed by atoms with van der Waals surface area (Å²) in [7, 11) is 0. The third-order valence-corrected chi connectivity index (χ3v) is 10.9. The van der Waals surface area contributed by atoms with Crippen molar-refractivity contribution in [2.45, 2.75) is 62.9 Å². The van der Waals surface area contributed by atoms with E-state index in [1.54, 1.807) is 6.92 Å². The summed E-state index contributed by atoms with van der Waals surface area (Å²) < 4.78 is 343. The smallest absolute Gasteiger partial charge is 0.295 e. The average Bonchev–Trinajstić information content (AvgIpc) is 3.25. The Morgan fingerprint density at radius 1 is 0.356 bits per heavy atom. The highest BCUT2D eigenvalue weighted by Gasteiger charge is 2.47. The van der Waals surface area contributed by atoms with Gasteiger partial charge in [-0.05, 0) is 31.2 Å². The lowest BCUT2D eigenvalue weighted by atomic mass is 9.12. The molecular formula is C46H26BF24NO. The number of pyridine rings is 1. The van der Waals surface area contributed by atoms with Crippen molar-refractivity contribution in [1.29, 1.82) is 0 Å². The van der Waals surface area contributed by atoms with Gasteiger partial charge < -0.3 is 0 Å². The van der Waals surface area contributed by atoms with Crippen molar-refractivity contribution in [2.24, 2.45) is 0 Å². The van der Waals surface area contributed by atoms with Gasteiger partial charge in [-0.3, -0.25) is 4.79 Å². The first-order valence-corrected chi connectivity index (χ1v) is 19.9. The molecular weight excluding hydrogens is 1050 g/mol. The van der Waals surface area contributed by atoms with Crippen LogP contribution in [-0.4, -0.2) is 11.9 Å². The average molecular weight is 1080 g/mol.